The van der Waals surface area contributed by atoms with E-state index in [2.05, 4.69) is 24.2 Å². The van der Waals surface area contributed by atoms with Gasteiger partial charge in [-0.05, 0) is 24.8 Å². The smallest absolute Gasteiger partial charge is 0.0849 e. The van der Waals surface area contributed by atoms with Crippen molar-refractivity contribution >= 4 is 11.6 Å². The van der Waals surface area contributed by atoms with Gasteiger partial charge < -0.3 is 5.73 Å². The first-order valence-corrected chi connectivity index (χ1v) is 7.02. The molecule has 2 aromatic rings. The molecule has 0 fully saturated rings. The summed E-state index contributed by atoms with van der Waals surface area (Å²) in [5.74, 6) is 0. The van der Waals surface area contributed by atoms with Crippen LogP contribution in [-0.2, 0) is 19.9 Å². The van der Waals surface area contributed by atoms with E-state index in [1.165, 1.54) is 0 Å². The molecule has 1 atom stereocenters. The van der Waals surface area contributed by atoms with Crippen LogP contribution in [0, 0.1) is 0 Å². The van der Waals surface area contributed by atoms with Crippen molar-refractivity contribution in [3.8, 4) is 0 Å². The number of rotatable bonds is 5. The van der Waals surface area contributed by atoms with Gasteiger partial charge in [-0.15, -0.1) is 0 Å². The second kappa shape index (κ2) is 6.22. The third-order valence-corrected chi connectivity index (χ3v) is 3.86. The fourth-order valence-electron chi connectivity index (χ4n) is 2.25. The Morgan fingerprint density at radius 3 is 2.58 bits per heavy atom. The topological polar surface area (TPSA) is 43.8 Å². The highest BCUT2D eigenvalue weighted by atomic mass is 35.5. The molecule has 0 saturated carbocycles. The van der Waals surface area contributed by atoms with Gasteiger partial charge in [0, 0.05) is 13.1 Å². The van der Waals surface area contributed by atoms with Crippen molar-refractivity contribution in [2.45, 2.75) is 32.2 Å². The van der Waals surface area contributed by atoms with Gasteiger partial charge in [-0.1, -0.05) is 48.9 Å². The maximum atomic E-state index is 6.34. The van der Waals surface area contributed by atoms with E-state index >= 15 is 0 Å². The molecule has 2 rings (SSSR count). The molecule has 0 radical (unpaired) electrons. The van der Waals surface area contributed by atoms with Gasteiger partial charge in [-0.2, -0.15) is 5.10 Å². The van der Waals surface area contributed by atoms with E-state index in [0.29, 0.717) is 0 Å². The van der Waals surface area contributed by atoms with Gasteiger partial charge in [0.25, 0.3) is 0 Å². The average Bonchev–Trinajstić information content (AvgIpc) is 2.72. The molecule has 1 aromatic carbocycles. The largest absolute Gasteiger partial charge is 0.324 e. The van der Waals surface area contributed by atoms with E-state index in [1.54, 1.807) is 0 Å². The van der Waals surface area contributed by atoms with E-state index in [9.17, 15) is 0 Å². The Bertz CT molecular complexity index is 534. The summed E-state index contributed by atoms with van der Waals surface area (Å²) in [5, 5.41) is 5.22. The Balaban J connectivity index is 2.05. The zero-order valence-electron chi connectivity index (χ0n) is 11.4. The number of halogens is 1. The minimum Gasteiger partial charge on any atom is -0.324 e. The van der Waals surface area contributed by atoms with Crippen LogP contribution >= 0.6 is 11.6 Å². The van der Waals surface area contributed by atoms with Crippen molar-refractivity contribution in [2.24, 2.45) is 12.8 Å². The van der Waals surface area contributed by atoms with Crippen LogP contribution in [0.1, 0.15) is 36.3 Å². The van der Waals surface area contributed by atoms with Gasteiger partial charge in [-0.25, -0.2) is 0 Å². The van der Waals surface area contributed by atoms with Crippen LogP contribution in [0.5, 0.6) is 0 Å². The molecule has 0 aliphatic carbocycles. The van der Waals surface area contributed by atoms with Crippen LogP contribution < -0.4 is 5.73 Å². The predicted molar refractivity (Wildman–Crippen MR) is 79.3 cm³/mol. The maximum absolute atomic E-state index is 6.34. The summed E-state index contributed by atoms with van der Waals surface area (Å²) in [6.45, 7) is 2.06. The molecule has 0 spiro atoms. The zero-order valence-corrected chi connectivity index (χ0v) is 12.2. The summed E-state index contributed by atoms with van der Waals surface area (Å²) in [6, 6.07) is 10.2. The minimum atomic E-state index is 0.0391. The van der Waals surface area contributed by atoms with Crippen molar-refractivity contribution in [1.29, 1.82) is 0 Å². The van der Waals surface area contributed by atoms with E-state index in [1.807, 2.05) is 29.9 Å². The van der Waals surface area contributed by atoms with Crippen molar-refractivity contribution < 1.29 is 0 Å². The fraction of sp³-hybridized carbons (Fsp3) is 0.400. The number of hydrogen-bond donors (Lipinski definition) is 1. The van der Waals surface area contributed by atoms with Crippen LogP contribution in [0.25, 0.3) is 0 Å². The lowest BCUT2D eigenvalue weighted by Gasteiger charge is -2.12. The molecule has 0 amide bonds. The van der Waals surface area contributed by atoms with Gasteiger partial charge in [0.2, 0.25) is 0 Å². The van der Waals surface area contributed by atoms with Crippen LogP contribution in [0.4, 0.5) is 0 Å². The second-order valence-electron chi connectivity index (χ2n) is 4.74. The Kier molecular flexibility index (Phi) is 4.61. The van der Waals surface area contributed by atoms with Gasteiger partial charge >= 0.3 is 0 Å². The number of nitrogens with two attached hydrogens (primary N) is 1. The molecule has 1 heterocycles. The van der Waals surface area contributed by atoms with Gasteiger partial charge in [0.1, 0.15) is 0 Å². The van der Waals surface area contributed by atoms with E-state index < -0.39 is 0 Å². The molecule has 1 aromatic heterocycles. The third-order valence-electron chi connectivity index (χ3n) is 3.42. The van der Waals surface area contributed by atoms with Gasteiger partial charge in [0.05, 0.1) is 16.4 Å². The number of benzene rings is 1. The molecule has 0 saturated heterocycles. The highest BCUT2D eigenvalue weighted by Crippen LogP contribution is 2.24. The number of nitrogens with zero attached hydrogens (tertiary/aromatic N) is 2. The van der Waals surface area contributed by atoms with Crippen LogP contribution in [-0.4, -0.2) is 9.78 Å². The summed E-state index contributed by atoms with van der Waals surface area (Å²) in [4.78, 5) is 0. The lowest BCUT2D eigenvalue weighted by molar-refractivity contribution is 0.612. The normalized spacial score (nSPS) is 12.6. The Morgan fingerprint density at radius 1 is 1.32 bits per heavy atom. The van der Waals surface area contributed by atoms with Crippen molar-refractivity contribution in [3.05, 3.63) is 52.3 Å². The maximum Gasteiger partial charge on any atom is 0.0849 e. The highest BCUT2D eigenvalue weighted by Gasteiger charge is 2.14. The number of aromatic nitrogens is 2. The monoisotopic (exact) mass is 277 g/mol. The lowest BCUT2D eigenvalue weighted by atomic mass is 10.0. The quantitative estimate of drug-likeness (QED) is 0.912. The van der Waals surface area contributed by atoms with Gasteiger partial charge in [-0.3, -0.25) is 4.68 Å². The average molecular weight is 278 g/mol. The molecule has 19 heavy (non-hydrogen) atoms. The number of hydrogen-bond acceptors (Lipinski definition) is 2. The molecule has 0 aliphatic heterocycles. The van der Waals surface area contributed by atoms with Gasteiger partial charge in [0.15, 0.2) is 0 Å². The molecular formula is C15H20ClN3. The van der Waals surface area contributed by atoms with Crippen LogP contribution in [0.15, 0.2) is 30.3 Å². The summed E-state index contributed by atoms with van der Waals surface area (Å²) >= 11 is 6.34. The standard InChI is InChI=1S/C15H20ClN3/c1-3-13-15(16)14(19(2)18-13)10-9-12(17)11-7-5-4-6-8-11/h4-8,12H,3,9-10,17H2,1-2H3. The summed E-state index contributed by atoms with van der Waals surface area (Å²) in [6.07, 6.45) is 2.57. The molecule has 1 unspecified atom stereocenters. The summed E-state index contributed by atoms with van der Waals surface area (Å²) in [7, 11) is 1.94. The summed E-state index contributed by atoms with van der Waals surface area (Å²) < 4.78 is 1.87. The predicted octanol–water partition coefficient (Wildman–Crippen LogP) is 3.27. The fourth-order valence-corrected chi connectivity index (χ4v) is 2.64. The second-order valence-corrected chi connectivity index (χ2v) is 5.12. The zero-order chi connectivity index (χ0) is 13.8. The van der Waals surface area contributed by atoms with Crippen LogP contribution in [0.2, 0.25) is 5.02 Å². The Morgan fingerprint density at radius 2 is 2.00 bits per heavy atom. The van der Waals surface area contributed by atoms with E-state index in [0.717, 1.165) is 41.2 Å². The first kappa shape index (κ1) is 14.1. The van der Waals surface area contributed by atoms with E-state index in [4.69, 9.17) is 17.3 Å². The lowest BCUT2D eigenvalue weighted by Crippen LogP contribution is -2.12. The van der Waals surface area contributed by atoms with Crippen molar-refractivity contribution in [3.63, 3.8) is 0 Å². The minimum absolute atomic E-state index is 0.0391. The molecule has 3 nitrogen and oxygen atoms in total. The molecule has 2 N–H and O–H groups in total. The SMILES string of the molecule is CCc1nn(C)c(CCC(N)c2ccccc2)c1Cl. The molecule has 0 aliphatic rings. The molecule has 102 valence electrons. The third kappa shape index (κ3) is 3.17. The first-order chi connectivity index (χ1) is 9.13. The number of aryl methyl sites for hydroxylation is 2. The van der Waals surface area contributed by atoms with Crippen LogP contribution in [0.3, 0.4) is 0 Å². The van der Waals surface area contributed by atoms with Crippen molar-refractivity contribution in [1.82, 2.24) is 9.78 Å². The molecular weight excluding hydrogens is 258 g/mol. The van der Waals surface area contributed by atoms with Crippen molar-refractivity contribution in [2.75, 3.05) is 0 Å². The molecule has 4 heteroatoms. The first-order valence-electron chi connectivity index (χ1n) is 6.64. The highest BCUT2D eigenvalue weighted by molar-refractivity contribution is 6.31. The Hall–Kier alpha value is -1.32. The van der Waals surface area contributed by atoms with E-state index in [-0.39, 0.29) is 6.04 Å². The Labute approximate surface area is 119 Å². The summed E-state index contributed by atoms with van der Waals surface area (Å²) in [5.41, 5.74) is 9.41. The molecule has 0 bridgehead atoms.